The van der Waals surface area contributed by atoms with Crippen molar-refractivity contribution in [1.29, 1.82) is 0 Å². The van der Waals surface area contributed by atoms with Gasteiger partial charge in [0.1, 0.15) is 6.04 Å². The second kappa shape index (κ2) is 9.45. The van der Waals surface area contributed by atoms with Crippen LogP contribution >= 0.6 is 0 Å². The summed E-state index contributed by atoms with van der Waals surface area (Å²) in [5.74, 6) is -0.434. The molecule has 1 atom stereocenters. The first kappa shape index (κ1) is 20.7. The number of hydrogen-bond acceptors (Lipinski definition) is 4. The Morgan fingerprint density at radius 1 is 1.00 bits per heavy atom. The second-order valence-corrected chi connectivity index (χ2v) is 7.41. The Hall–Kier alpha value is -3.02. The number of esters is 1. The minimum atomic E-state index is -0.702. The number of carbonyl (C=O) groups is 2. The third kappa shape index (κ3) is 5.08. The van der Waals surface area contributed by atoms with Crippen molar-refractivity contribution < 1.29 is 14.3 Å². The Morgan fingerprint density at radius 2 is 1.69 bits per heavy atom. The summed E-state index contributed by atoms with van der Waals surface area (Å²) in [5, 5.41) is 2.85. The largest absolute Gasteiger partial charge is 0.467 e. The molecule has 29 heavy (non-hydrogen) atoms. The molecule has 2 aromatic rings. The molecule has 0 aliphatic carbocycles. The Bertz CT molecular complexity index is 846. The van der Waals surface area contributed by atoms with E-state index in [2.05, 4.69) is 42.3 Å². The lowest BCUT2D eigenvalue weighted by molar-refractivity contribution is -0.142. The molecule has 2 amide bonds. The van der Waals surface area contributed by atoms with Crippen molar-refractivity contribution in [2.75, 3.05) is 38.2 Å². The molecule has 3 rings (SSSR count). The zero-order chi connectivity index (χ0) is 20.8. The van der Waals surface area contributed by atoms with Crippen molar-refractivity contribution in [3.63, 3.8) is 0 Å². The number of methoxy groups -OCH3 is 1. The molecule has 1 N–H and O–H groups in total. The van der Waals surface area contributed by atoms with Crippen LogP contribution in [0.3, 0.4) is 0 Å². The van der Waals surface area contributed by atoms with Gasteiger partial charge in [-0.1, -0.05) is 42.5 Å². The second-order valence-electron chi connectivity index (χ2n) is 7.41. The van der Waals surface area contributed by atoms with Gasteiger partial charge in [0.25, 0.3) is 0 Å². The Kier molecular flexibility index (Phi) is 6.75. The highest BCUT2D eigenvalue weighted by atomic mass is 16.5. The molecule has 1 aliphatic heterocycles. The maximum atomic E-state index is 12.8. The lowest BCUT2D eigenvalue weighted by Gasteiger charge is -2.37. The quantitative estimate of drug-likeness (QED) is 0.791. The normalized spacial score (nSPS) is 15.0. The van der Waals surface area contributed by atoms with Gasteiger partial charge in [-0.05, 0) is 36.6 Å². The fraction of sp³-hybridized carbons (Fsp3) is 0.391. The molecular weight excluding hydrogens is 366 g/mol. The highest BCUT2D eigenvalue weighted by Gasteiger charge is 2.27. The van der Waals surface area contributed by atoms with Crippen LogP contribution in [0, 0.1) is 13.8 Å². The molecule has 6 heteroatoms. The van der Waals surface area contributed by atoms with Crippen LogP contribution < -0.4 is 10.2 Å². The molecule has 154 valence electrons. The van der Waals surface area contributed by atoms with E-state index in [1.165, 1.54) is 23.9 Å². The van der Waals surface area contributed by atoms with E-state index >= 15 is 0 Å². The number of amides is 2. The van der Waals surface area contributed by atoms with Gasteiger partial charge in [-0.25, -0.2) is 9.59 Å². The minimum Gasteiger partial charge on any atom is -0.467 e. The minimum absolute atomic E-state index is 0.225. The Morgan fingerprint density at radius 3 is 2.34 bits per heavy atom. The molecule has 2 aromatic carbocycles. The van der Waals surface area contributed by atoms with Gasteiger partial charge in [0.05, 0.1) is 7.11 Å². The summed E-state index contributed by atoms with van der Waals surface area (Å²) in [6.45, 7) is 6.99. The van der Waals surface area contributed by atoms with Gasteiger partial charge in [-0.3, -0.25) is 0 Å². The summed E-state index contributed by atoms with van der Waals surface area (Å²) < 4.78 is 4.89. The monoisotopic (exact) mass is 395 g/mol. The average molecular weight is 396 g/mol. The van der Waals surface area contributed by atoms with Crippen molar-refractivity contribution in [1.82, 2.24) is 10.2 Å². The molecule has 1 fully saturated rings. The van der Waals surface area contributed by atoms with Gasteiger partial charge in [-0.15, -0.1) is 0 Å². The van der Waals surface area contributed by atoms with Crippen LogP contribution in [0.1, 0.15) is 16.7 Å². The molecule has 0 saturated carbocycles. The number of rotatable bonds is 5. The third-order valence-electron chi connectivity index (χ3n) is 5.55. The number of ether oxygens (including phenoxy) is 1. The van der Waals surface area contributed by atoms with Crippen LogP contribution in [0.5, 0.6) is 0 Å². The van der Waals surface area contributed by atoms with E-state index in [1.54, 1.807) is 4.90 Å². The number of nitrogens with zero attached hydrogens (tertiary/aromatic N) is 2. The lowest BCUT2D eigenvalue weighted by Crippen LogP contribution is -2.55. The summed E-state index contributed by atoms with van der Waals surface area (Å²) in [7, 11) is 1.34. The molecule has 0 bridgehead atoms. The van der Waals surface area contributed by atoms with Crippen LogP contribution in [0.25, 0.3) is 0 Å². The fourth-order valence-corrected chi connectivity index (χ4v) is 3.65. The van der Waals surface area contributed by atoms with E-state index in [9.17, 15) is 9.59 Å². The SMILES string of the molecule is COC(=O)C(Cc1ccccc1)NC(=O)N1CCN(c2cccc(C)c2C)CC1. The first-order valence-electron chi connectivity index (χ1n) is 9.98. The standard InChI is InChI=1S/C23H29N3O3/c1-17-8-7-11-21(18(17)2)25-12-14-26(15-13-25)23(28)24-20(22(27)29-3)16-19-9-5-4-6-10-19/h4-11,20H,12-16H2,1-3H3,(H,24,28). The van der Waals surface area contributed by atoms with E-state index in [4.69, 9.17) is 4.74 Å². The van der Waals surface area contributed by atoms with Crippen LogP contribution in [0.4, 0.5) is 10.5 Å². The summed E-state index contributed by atoms with van der Waals surface area (Å²) in [5.41, 5.74) is 4.74. The molecule has 1 unspecified atom stereocenters. The van der Waals surface area contributed by atoms with Crippen LogP contribution in [0.2, 0.25) is 0 Å². The van der Waals surface area contributed by atoms with E-state index in [-0.39, 0.29) is 6.03 Å². The lowest BCUT2D eigenvalue weighted by atomic mass is 10.1. The van der Waals surface area contributed by atoms with Crippen LogP contribution in [0.15, 0.2) is 48.5 Å². The zero-order valence-corrected chi connectivity index (χ0v) is 17.4. The molecule has 0 spiro atoms. The van der Waals surface area contributed by atoms with E-state index < -0.39 is 12.0 Å². The maximum Gasteiger partial charge on any atom is 0.328 e. The predicted molar refractivity (Wildman–Crippen MR) is 114 cm³/mol. The van der Waals surface area contributed by atoms with E-state index in [1.807, 2.05) is 30.3 Å². The molecule has 1 saturated heterocycles. The summed E-state index contributed by atoms with van der Waals surface area (Å²) in [4.78, 5) is 29.0. The number of nitrogens with one attached hydrogen (secondary N) is 1. The number of benzene rings is 2. The number of hydrogen-bond donors (Lipinski definition) is 1. The van der Waals surface area contributed by atoms with E-state index in [0.717, 1.165) is 18.7 Å². The molecule has 0 aromatic heterocycles. The third-order valence-corrected chi connectivity index (χ3v) is 5.55. The summed E-state index contributed by atoms with van der Waals surface area (Å²) >= 11 is 0. The predicted octanol–water partition coefficient (Wildman–Crippen LogP) is 2.92. The molecule has 6 nitrogen and oxygen atoms in total. The summed E-state index contributed by atoms with van der Waals surface area (Å²) in [6, 6.07) is 15.0. The van der Waals surface area contributed by atoms with Crippen molar-refractivity contribution in [2.24, 2.45) is 0 Å². The van der Waals surface area contributed by atoms with Crippen molar-refractivity contribution in [3.8, 4) is 0 Å². The maximum absolute atomic E-state index is 12.8. The number of piperazine rings is 1. The topological polar surface area (TPSA) is 61.9 Å². The van der Waals surface area contributed by atoms with Crippen LogP contribution in [-0.2, 0) is 16.0 Å². The van der Waals surface area contributed by atoms with Crippen molar-refractivity contribution in [3.05, 3.63) is 65.2 Å². The first-order chi connectivity index (χ1) is 14.0. The van der Waals surface area contributed by atoms with Crippen molar-refractivity contribution in [2.45, 2.75) is 26.3 Å². The van der Waals surface area contributed by atoms with Gasteiger partial charge in [0.15, 0.2) is 0 Å². The Labute approximate surface area is 172 Å². The highest BCUT2D eigenvalue weighted by Crippen LogP contribution is 2.23. The molecule has 1 aliphatic rings. The summed E-state index contributed by atoms with van der Waals surface area (Å²) in [6.07, 6.45) is 0.404. The average Bonchev–Trinajstić information content (AvgIpc) is 2.75. The van der Waals surface area contributed by atoms with Gasteiger partial charge in [0, 0.05) is 38.3 Å². The number of aryl methyl sites for hydroxylation is 1. The number of urea groups is 1. The fourth-order valence-electron chi connectivity index (χ4n) is 3.65. The van der Waals surface area contributed by atoms with Crippen LogP contribution in [-0.4, -0.2) is 56.2 Å². The first-order valence-corrected chi connectivity index (χ1v) is 9.98. The number of carbonyl (C=O) groups excluding carboxylic acids is 2. The van der Waals surface area contributed by atoms with Crippen molar-refractivity contribution >= 4 is 17.7 Å². The Balaban J connectivity index is 1.60. The molecular formula is C23H29N3O3. The smallest absolute Gasteiger partial charge is 0.328 e. The zero-order valence-electron chi connectivity index (χ0n) is 17.4. The molecule has 0 radical (unpaired) electrons. The van der Waals surface area contributed by atoms with Gasteiger partial charge in [0.2, 0.25) is 0 Å². The number of anilines is 1. The molecule has 1 heterocycles. The van der Waals surface area contributed by atoms with E-state index in [0.29, 0.717) is 19.5 Å². The van der Waals surface area contributed by atoms with Gasteiger partial charge in [-0.2, -0.15) is 0 Å². The highest BCUT2D eigenvalue weighted by molar-refractivity contribution is 5.84. The van der Waals surface area contributed by atoms with Gasteiger partial charge >= 0.3 is 12.0 Å². The van der Waals surface area contributed by atoms with Gasteiger partial charge < -0.3 is 19.9 Å².